The Labute approximate surface area is 130 Å². The van der Waals surface area contributed by atoms with E-state index in [1.165, 1.54) is 5.56 Å². The molecule has 0 spiro atoms. The van der Waals surface area contributed by atoms with Gasteiger partial charge in [0.1, 0.15) is 5.69 Å². The van der Waals surface area contributed by atoms with Crippen molar-refractivity contribution in [2.75, 3.05) is 26.2 Å². The standard InChI is InChI=1S/C16H23N5O/c1-2-21-13-14(11-18-21)12-19-7-4-8-20(10-9-19)16(22)15-5-3-6-17-15/h3,5-6,11,13,17H,2,4,7-10,12H2,1H3. The van der Waals surface area contributed by atoms with Crippen LogP contribution < -0.4 is 0 Å². The van der Waals surface area contributed by atoms with Crippen LogP contribution in [-0.4, -0.2) is 56.7 Å². The molecule has 1 fully saturated rings. The van der Waals surface area contributed by atoms with E-state index < -0.39 is 0 Å². The average Bonchev–Trinajstić information content (AvgIpc) is 3.16. The molecule has 1 aliphatic rings. The van der Waals surface area contributed by atoms with Gasteiger partial charge in [0.05, 0.1) is 6.20 Å². The van der Waals surface area contributed by atoms with Gasteiger partial charge in [0, 0.05) is 57.2 Å². The van der Waals surface area contributed by atoms with Crippen LogP contribution in [-0.2, 0) is 13.1 Å². The quantitative estimate of drug-likeness (QED) is 0.933. The lowest BCUT2D eigenvalue weighted by Gasteiger charge is -2.21. The zero-order chi connectivity index (χ0) is 15.4. The molecule has 118 valence electrons. The first-order valence-corrected chi connectivity index (χ1v) is 7.92. The first-order chi connectivity index (χ1) is 10.8. The summed E-state index contributed by atoms with van der Waals surface area (Å²) in [4.78, 5) is 19.7. The molecular formula is C16H23N5O. The minimum absolute atomic E-state index is 0.102. The molecule has 1 aliphatic heterocycles. The fourth-order valence-corrected chi connectivity index (χ4v) is 2.89. The van der Waals surface area contributed by atoms with Crippen LogP contribution in [0.2, 0.25) is 0 Å². The highest BCUT2D eigenvalue weighted by Gasteiger charge is 2.20. The van der Waals surface area contributed by atoms with E-state index in [4.69, 9.17) is 0 Å². The third kappa shape index (κ3) is 3.39. The van der Waals surface area contributed by atoms with Crippen LogP contribution in [0.1, 0.15) is 29.4 Å². The smallest absolute Gasteiger partial charge is 0.270 e. The number of hydrogen-bond donors (Lipinski definition) is 1. The Kier molecular flexibility index (Phi) is 4.58. The van der Waals surface area contributed by atoms with Crippen molar-refractivity contribution in [2.45, 2.75) is 26.4 Å². The Hall–Kier alpha value is -2.08. The van der Waals surface area contributed by atoms with Gasteiger partial charge in [0.2, 0.25) is 0 Å². The van der Waals surface area contributed by atoms with Gasteiger partial charge >= 0.3 is 0 Å². The molecule has 2 aromatic rings. The molecule has 2 aromatic heterocycles. The summed E-state index contributed by atoms with van der Waals surface area (Å²) in [5, 5.41) is 4.32. The number of aryl methyl sites for hydroxylation is 1. The van der Waals surface area contributed by atoms with E-state index in [1.54, 1.807) is 6.20 Å². The summed E-state index contributed by atoms with van der Waals surface area (Å²) in [5.74, 6) is 0.102. The molecule has 0 atom stereocenters. The number of H-pyrrole nitrogens is 1. The number of hydrogen-bond acceptors (Lipinski definition) is 3. The SMILES string of the molecule is CCn1cc(CN2CCCN(C(=O)c3ccc[nH]3)CC2)cn1. The van der Waals surface area contributed by atoms with Crippen LogP contribution in [0.25, 0.3) is 0 Å². The molecule has 1 saturated heterocycles. The number of nitrogens with one attached hydrogen (secondary N) is 1. The second-order valence-electron chi connectivity index (χ2n) is 5.71. The van der Waals surface area contributed by atoms with E-state index in [0.717, 1.165) is 45.7 Å². The van der Waals surface area contributed by atoms with Crippen LogP contribution in [0, 0.1) is 0 Å². The first kappa shape index (κ1) is 14.8. The Balaban J connectivity index is 1.56. The number of nitrogens with zero attached hydrogens (tertiary/aromatic N) is 4. The van der Waals surface area contributed by atoms with Crippen molar-refractivity contribution in [3.63, 3.8) is 0 Å². The molecule has 6 heteroatoms. The topological polar surface area (TPSA) is 57.2 Å². The largest absolute Gasteiger partial charge is 0.357 e. The molecule has 0 unspecified atom stereocenters. The van der Waals surface area contributed by atoms with E-state index in [2.05, 4.69) is 28.1 Å². The predicted octanol–water partition coefficient (Wildman–Crippen LogP) is 1.58. The Morgan fingerprint density at radius 1 is 1.32 bits per heavy atom. The van der Waals surface area contributed by atoms with Crippen molar-refractivity contribution in [3.8, 4) is 0 Å². The van der Waals surface area contributed by atoms with Crippen molar-refractivity contribution >= 4 is 5.91 Å². The van der Waals surface area contributed by atoms with Crippen molar-refractivity contribution < 1.29 is 4.79 Å². The van der Waals surface area contributed by atoms with Gasteiger partial charge < -0.3 is 9.88 Å². The van der Waals surface area contributed by atoms with Crippen LogP contribution in [0.3, 0.4) is 0 Å². The van der Waals surface area contributed by atoms with Crippen molar-refractivity contribution in [1.82, 2.24) is 24.6 Å². The van der Waals surface area contributed by atoms with E-state index in [9.17, 15) is 4.79 Å². The Morgan fingerprint density at radius 3 is 2.95 bits per heavy atom. The highest BCUT2D eigenvalue weighted by molar-refractivity contribution is 5.92. The number of rotatable bonds is 4. The number of aromatic nitrogens is 3. The molecular weight excluding hydrogens is 278 g/mol. The highest BCUT2D eigenvalue weighted by atomic mass is 16.2. The van der Waals surface area contributed by atoms with Crippen LogP contribution in [0.15, 0.2) is 30.7 Å². The lowest BCUT2D eigenvalue weighted by atomic mass is 10.3. The first-order valence-electron chi connectivity index (χ1n) is 7.92. The Bertz CT molecular complexity index is 604. The fourth-order valence-electron chi connectivity index (χ4n) is 2.89. The predicted molar refractivity (Wildman–Crippen MR) is 84.5 cm³/mol. The van der Waals surface area contributed by atoms with Gasteiger partial charge in [-0.2, -0.15) is 5.10 Å². The molecule has 0 aromatic carbocycles. The summed E-state index contributed by atoms with van der Waals surface area (Å²) in [5.41, 5.74) is 1.92. The highest BCUT2D eigenvalue weighted by Crippen LogP contribution is 2.11. The summed E-state index contributed by atoms with van der Waals surface area (Å²) in [7, 11) is 0. The fraction of sp³-hybridized carbons (Fsp3) is 0.500. The normalized spacial score (nSPS) is 16.7. The summed E-state index contributed by atoms with van der Waals surface area (Å²) < 4.78 is 1.95. The van der Waals surface area contributed by atoms with Crippen molar-refractivity contribution in [2.24, 2.45) is 0 Å². The van der Waals surface area contributed by atoms with Gasteiger partial charge in [-0.1, -0.05) is 0 Å². The van der Waals surface area contributed by atoms with Gasteiger partial charge in [-0.05, 0) is 25.5 Å². The zero-order valence-corrected chi connectivity index (χ0v) is 13.0. The molecule has 3 heterocycles. The molecule has 1 N–H and O–H groups in total. The second kappa shape index (κ2) is 6.79. The number of carbonyl (C=O) groups is 1. The zero-order valence-electron chi connectivity index (χ0n) is 13.0. The maximum absolute atomic E-state index is 12.4. The third-order valence-corrected chi connectivity index (χ3v) is 4.12. The van der Waals surface area contributed by atoms with Crippen molar-refractivity contribution in [3.05, 3.63) is 42.0 Å². The second-order valence-corrected chi connectivity index (χ2v) is 5.71. The van der Waals surface area contributed by atoms with E-state index in [0.29, 0.717) is 5.69 Å². The number of amides is 1. The van der Waals surface area contributed by atoms with Crippen LogP contribution in [0.5, 0.6) is 0 Å². The third-order valence-electron chi connectivity index (χ3n) is 4.12. The molecule has 0 bridgehead atoms. The van der Waals surface area contributed by atoms with Gasteiger partial charge in [-0.25, -0.2) is 0 Å². The van der Waals surface area contributed by atoms with Crippen LogP contribution in [0.4, 0.5) is 0 Å². The average molecular weight is 301 g/mol. The van der Waals surface area contributed by atoms with E-state index >= 15 is 0 Å². The monoisotopic (exact) mass is 301 g/mol. The number of carbonyl (C=O) groups excluding carboxylic acids is 1. The molecule has 3 rings (SSSR count). The molecule has 0 radical (unpaired) electrons. The maximum Gasteiger partial charge on any atom is 0.270 e. The number of aromatic amines is 1. The molecule has 1 amide bonds. The van der Waals surface area contributed by atoms with Gasteiger partial charge in [-0.3, -0.25) is 14.4 Å². The summed E-state index contributed by atoms with van der Waals surface area (Å²) in [6, 6.07) is 3.70. The molecule has 0 aliphatic carbocycles. The van der Waals surface area contributed by atoms with Gasteiger partial charge in [-0.15, -0.1) is 0 Å². The molecule has 6 nitrogen and oxygen atoms in total. The van der Waals surface area contributed by atoms with E-state index in [1.807, 2.05) is 27.9 Å². The summed E-state index contributed by atoms with van der Waals surface area (Å²) in [6.07, 6.45) is 6.85. The van der Waals surface area contributed by atoms with Crippen molar-refractivity contribution in [1.29, 1.82) is 0 Å². The molecule has 22 heavy (non-hydrogen) atoms. The lowest BCUT2D eigenvalue weighted by molar-refractivity contribution is 0.0756. The summed E-state index contributed by atoms with van der Waals surface area (Å²) >= 11 is 0. The summed E-state index contributed by atoms with van der Waals surface area (Å²) in [6.45, 7) is 7.42. The van der Waals surface area contributed by atoms with Gasteiger partial charge in [0.15, 0.2) is 0 Å². The maximum atomic E-state index is 12.4. The minimum Gasteiger partial charge on any atom is -0.357 e. The van der Waals surface area contributed by atoms with Gasteiger partial charge in [0.25, 0.3) is 5.91 Å². The molecule has 0 saturated carbocycles. The lowest BCUT2D eigenvalue weighted by Crippen LogP contribution is -2.35. The minimum atomic E-state index is 0.102. The Morgan fingerprint density at radius 2 is 2.23 bits per heavy atom. The van der Waals surface area contributed by atoms with E-state index in [-0.39, 0.29) is 5.91 Å². The van der Waals surface area contributed by atoms with Crippen LogP contribution >= 0.6 is 0 Å².